The number of carbonyl (C=O) groups is 3. The minimum atomic E-state index is -0.958. The molecule has 0 radical (unpaired) electrons. The van der Waals surface area contributed by atoms with Gasteiger partial charge in [-0.25, -0.2) is 9.78 Å². The first-order valence-electron chi connectivity index (χ1n) is 10.7. The number of esters is 1. The van der Waals surface area contributed by atoms with Crippen LogP contribution < -0.4 is 15.4 Å². The van der Waals surface area contributed by atoms with Gasteiger partial charge in [-0.1, -0.05) is 42.5 Å². The number of ether oxygens (including phenoxy) is 2. The Morgan fingerprint density at radius 1 is 0.941 bits per heavy atom. The molecule has 2 amide bonds. The van der Waals surface area contributed by atoms with Gasteiger partial charge in [0.1, 0.15) is 30.1 Å². The van der Waals surface area contributed by atoms with Crippen molar-refractivity contribution < 1.29 is 23.9 Å². The SMILES string of the molecule is COc1ccc(C[C@H](NC(=O)[C@H](C)NC(=O)c2cnccn2)C(=O)OCc2ccccc2)cc1. The first-order chi connectivity index (χ1) is 16.5. The second-order valence-electron chi connectivity index (χ2n) is 7.49. The number of methoxy groups -OCH3 is 1. The predicted molar refractivity (Wildman–Crippen MR) is 124 cm³/mol. The summed E-state index contributed by atoms with van der Waals surface area (Å²) in [5, 5.41) is 5.25. The first-order valence-corrected chi connectivity index (χ1v) is 10.7. The lowest BCUT2D eigenvalue weighted by Gasteiger charge is -2.21. The quantitative estimate of drug-likeness (QED) is 0.443. The summed E-state index contributed by atoms with van der Waals surface area (Å²) >= 11 is 0. The van der Waals surface area contributed by atoms with Crippen LogP contribution in [0.4, 0.5) is 0 Å². The van der Waals surface area contributed by atoms with Crippen molar-refractivity contribution in [3.05, 3.63) is 90.0 Å². The van der Waals surface area contributed by atoms with E-state index in [1.54, 1.807) is 19.2 Å². The van der Waals surface area contributed by atoms with Gasteiger partial charge in [-0.05, 0) is 30.2 Å². The zero-order chi connectivity index (χ0) is 24.3. The van der Waals surface area contributed by atoms with Crippen LogP contribution >= 0.6 is 0 Å². The Balaban J connectivity index is 1.67. The molecule has 2 atom stereocenters. The smallest absolute Gasteiger partial charge is 0.329 e. The fourth-order valence-electron chi connectivity index (χ4n) is 3.07. The lowest BCUT2D eigenvalue weighted by Crippen LogP contribution is -2.51. The van der Waals surface area contributed by atoms with Crippen molar-refractivity contribution in [1.82, 2.24) is 20.6 Å². The van der Waals surface area contributed by atoms with E-state index >= 15 is 0 Å². The first kappa shape index (κ1) is 24.4. The summed E-state index contributed by atoms with van der Waals surface area (Å²) < 4.78 is 10.6. The summed E-state index contributed by atoms with van der Waals surface area (Å²) in [5.74, 6) is -0.988. The molecule has 34 heavy (non-hydrogen) atoms. The third-order valence-corrected chi connectivity index (χ3v) is 4.96. The van der Waals surface area contributed by atoms with E-state index in [0.717, 1.165) is 11.1 Å². The van der Waals surface area contributed by atoms with Gasteiger partial charge in [0.05, 0.1) is 13.3 Å². The highest BCUT2D eigenvalue weighted by Gasteiger charge is 2.26. The van der Waals surface area contributed by atoms with Crippen LogP contribution in [0, 0.1) is 0 Å². The monoisotopic (exact) mass is 462 g/mol. The van der Waals surface area contributed by atoms with Crippen molar-refractivity contribution in [3.8, 4) is 5.75 Å². The van der Waals surface area contributed by atoms with E-state index in [1.807, 2.05) is 42.5 Å². The van der Waals surface area contributed by atoms with Crippen LogP contribution in [-0.2, 0) is 27.4 Å². The van der Waals surface area contributed by atoms with Gasteiger partial charge < -0.3 is 20.1 Å². The lowest BCUT2D eigenvalue weighted by molar-refractivity contribution is -0.149. The maximum Gasteiger partial charge on any atom is 0.329 e. The van der Waals surface area contributed by atoms with Crippen molar-refractivity contribution in [2.75, 3.05) is 7.11 Å². The third kappa shape index (κ3) is 7.13. The largest absolute Gasteiger partial charge is 0.497 e. The minimum absolute atomic E-state index is 0.0770. The van der Waals surface area contributed by atoms with Crippen molar-refractivity contribution >= 4 is 17.8 Å². The van der Waals surface area contributed by atoms with Crippen molar-refractivity contribution in [3.63, 3.8) is 0 Å². The van der Waals surface area contributed by atoms with Gasteiger partial charge in [0.25, 0.3) is 5.91 Å². The zero-order valence-electron chi connectivity index (χ0n) is 18.9. The number of aromatic nitrogens is 2. The Kier molecular flexibility index (Phi) is 8.67. The molecule has 1 heterocycles. The van der Waals surface area contributed by atoms with E-state index < -0.39 is 29.9 Å². The molecule has 9 heteroatoms. The van der Waals surface area contributed by atoms with Crippen LogP contribution in [0.1, 0.15) is 28.5 Å². The molecule has 0 unspecified atom stereocenters. The molecular weight excluding hydrogens is 436 g/mol. The molecule has 1 aromatic heterocycles. The summed E-state index contributed by atoms with van der Waals surface area (Å²) in [6.45, 7) is 1.59. The van der Waals surface area contributed by atoms with E-state index in [1.165, 1.54) is 25.5 Å². The Labute approximate surface area is 197 Å². The number of amides is 2. The maximum absolute atomic E-state index is 12.9. The number of hydrogen-bond acceptors (Lipinski definition) is 7. The molecule has 0 fully saturated rings. The van der Waals surface area contributed by atoms with Gasteiger partial charge in [0, 0.05) is 18.8 Å². The van der Waals surface area contributed by atoms with Gasteiger partial charge in [-0.2, -0.15) is 0 Å². The third-order valence-electron chi connectivity index (χ3n) is 4.96. The summed E-state index contributed by atoms with van der Waals surface area (Å²) in [5.41, 5.74) is 1.72. The fraction of sp³-hybridized carbons (Fsp3) is 0.240. The van der Waals surface area contributed by atoms with Crippen LogP contribution in [-0.4, -0.2) is 46.9 Å². The van der Waals surface area contributed by atoms with E-state index in [-0.39, 0.29) is 18.7 Å². The molecule has 0 aliphatic carbocycles. The summed E-state index contributed by atoms with van der Waals surface area (Å²) in [7, 11) is 1.57. The second-order valence-corrected chi connectivity index (χ2v) is 7.49. The number of benzene rings is 2. The number of nitrogens with zero attached hydrogens (tertiary/aromatic N) is 2. The minimum Gasteiger partial charge on any atom is -0.497 e. The molecule has 0 aliphatic rings. The van der Waals surface area contributed by atoms with Gasteiger partial charge in [0.2, 0.25) is 5.91 Å². The molecule has 0 spiro atoms. The summed E-state index contributed by atoms with van der Waals surface area (Å²) in [4.78, 5) is 45.7. The molecule has 0 aliphatic heterocycles. The standard InChI is InChI=1S/C25H26N4O5/c1-17(28-24(31)22-15-26-12-13-27-22)23(30)29-21(14-18-8-10-20(33-2)11-9-18)25(32)34-16-19-6-4-3-5-7-19/h3-13,15,17,21H,14,16H2,1-2H3,(H,28,31)(H,29,30)/t17-,21-/m0/s1. The Morgan fingerprint density at radius 2 is 1.68 bits per heavy atom. The maximum atomic E-state index is 12.9. The Bertz CT molecular complexity index is 1090. The number of rotatable bonds is 10. The fourth-order valence-corrected chi connectivity index (χ4v) is 3.07. The Morgan fingerprint density at radius 3 is 2.32 bits per heavy atom. The normalized spacial score (nSPS) is 12.2. The molecule has 0 bridgehead atoms. The highest BCUT2D eigenvalue weighted by Crippen LogP contribution is 2.14. The molecule has 176 valence electrons. The molecule has 2 aromatic carbocycles. The van der Waals surface area contributed by atoms with Crippen LogP contribution in [0.15, 0.2) is 73.2 Å². The van der Waals surface area contributed by atoms with Crippen molar-refractivity contribution in [1.29, 1.82) is 0 Å². The van der Waals surface area contributed by atoms with Gasteiger partial charge in [-0.3, -0.25) is 14.6 Å². The van der Waals surface area contributed by atoms with Gasteiger partial charge >= 0.3 is 5.97 Å². The highest BCUT2D eigenvalue weighted by atomic mass is 16.5. The van der Waals surface area contributed by atoms with Crippen LogP contribution in [0.25, 0.3) is 0 Å². The lowest BCUT2D eigenvalue weighted by atomic mass is 10.1. The summed E-state index contributed by atoms with van der Waals surface area (Å²) in [6, 6.07) is 14.5. The molecule has 3 aromatic rings. The average molecular weight is 463 g/mol. The highest BCUT2D eigenvalue weighted by molar-refractivity contribution is 5.96. The Hall–Kier alpha value is -4.27. The molecule has 3 rings (SSSR count). The van der Waals surface area contributed by atoms with Crippen molar-refractivity contribution in [2.24, 2.45) is 0 Å². The van der Waals surface area contributed by atoms with E-state index in [4.69, 9.17) is 9.47 Å². The number of nitrogens with one attached hydrogen (secondary N) is 2. The van der Waals surface area contributed by atoms with E-state index in [2.05, 4.69) is 20.6 Å². The zero-order valence-corrected chi connectivity index (χ0v) is 18.9. The summed E-state index contributed by atoms with van der Waals surface area (Å²) in [6.07, 6.45) is 4.33. The van der Waals surface area contributed by atoms with E-state index in [0.29, 0.717) is 5.75 Å². The molecular formula is C25H26N4O5. The topological polar surface area (TPSA) is 120 Å². The van der Waals surface area contributed by atoms with Crippen molar-refractivity contribution in [2.45, 2.75) is 32.0 Å². The molecule has 0 saturated heterocycles. The number of carbonyl (C=O) groups excluding carboxylic acids is 3. The van der Waals surface area contributed by atoms with Crippen LogP contribution in [0.3, 0.4) is 0 Å². The van der Waals surface area contributed by atoms with Crippen LogP contribution in [0.5, 0.6) is 5.75 Å². The second kappa shape index (κ2) is 12.1. The molecule has 0 saturated carbocycles. The molecule has 2 N–H and O–H groups in total. The molecule has 9 nitrogen and oxygen atoms in total. The van der Waals surface area contributed by atoms with Gasteiger partial charge in [0.15, 0.2) is 0 Å². The number of hydrogen-bond donors (Lipinski definition) is 2. The van der Waals surface area contributed by atoms with E-state index in [9.17, 15) is 14.4 Å². The van der Waals surface area contributed by atoms with Crippen LogP contribution in [0.2, 0.25) is 0 Å². The average Bonchev–Trinajstić information content (AvgIpc) is 2.88. The predicted octanol–water partition coefficient (Wildman–Crippen LogP) is 2.07. The van der Waals surface area contributed by atoms with Gasteiger partial charge in [-0.15, -0.1) is 0 Å².